The van der Waals surface area contributed by atoms with E-state index in [1.54, 1.807) is 0 Å². The second kappa shape index (κ2) is 2.36. The first-order valence-corrected chi connectivity index (χ1v) is 4.93. The second-order valence-corrected chi connectivity index (χ2v) is 4.27. The van der Waals surface area contributed by atoms with Crippen molar-refractivity contribution in [2.75, 3.05) is 0 Å². The van der Waals surface area contributed by atoms with Gasteiger partial charge in [0.15, 0.2) is 0 Å². The zero-order valence-electron chi connectivity index (χ0n) is 6.98. The van der Waals surface area contributed by atoms with Crippen molar-refractivity contribution in [1.29, 1.82) is 0 Å². The summed E-state index contributed by atoms with van der Waals surface area (Å²) < 4.78 is 0. The van der Waals surface area contributed by atoms with E-state index in [2.05, 4.69) is 24.3 Å². The lowest BCUT2D eigenvalue weighted by Crippen LogP contribution is -2.14. The van der Waals surface area contributed by atoms with E-state index in [1.807, 2.05) is 6.08 Å². The highest BCUT2D eigenvalue weighted by atomic mass is 35.5. The minimum atomic E-state index is -0.280. The lowest BCUT2D eigenvalue weighted by molar-refractivity contribution is -0.108. The molecule has 0 aromatic heterocycles. The van der Waals surface area contributed by atoms with E-state index < -0.39 is 0 Å². The number of hydrogen-bond donors (Lipinski definition) is 0. The first kappa shape index (κ1) is 7.57. The summed E-state index contributed by atoms with van der Waals surface area (Å²) in [5, 5.41) is -0.280. The van der Waals surface area contributed by atoms with Crippen LogP contribution in [0, 0.1) is 23.7 Å². The Morgan fingerprint density at radius 3 is 2.62 bits per heavy atom. The van der Waals surface area contributed by atoms with Crippen LogP contribution in [0.25, 0.3) is 0 Å². The Labute approximate surface area is 81.8 Å². The summed E-state index contributed by atoms with van der Waals surface area (Å²) in [6, 6.07) is 0. The largest absolute Gasteiger partial charge is 0.276 e. The molecular formula is C11H9ClO. The molecule has 0 bridgehead atoms. The highest BCUT2D eigenvalue weighted by molar-refractivity contribution is 6.67. The molecule has 4 unspecified atom stereocenters. The van der Waals surface area contributed by atoms with Gasteiger partial charge in [-0.15, -0.1) is 0 Å². The van der Waals surface area contributed by atoms with E-state index in [0.717, 1.165) is 5.57 Å². The summed E-state index contributed by atoms with van der Waals surface area (Å²) in [6.07, 6.45) is 10.8. The molecule has 3 rings (SSSR count). The molecule has 3 aliphatic rings. The lowest BCUT2D eigenvalue weighted by atomic mass is 9.87. The average molecular weight is 193 g/mol. The van der Waals surface area contributed by atoms with Crippen LogP contribution in [0.2, 0.25) is 0 Å². The summed E-state index contributed by atoms with van der Waals surface area (Å²) in [7, 11) is 0. The molecule has 0 heterocycles. The fraction of sp³-hybridized carbons (Fsp3) is 0.364. The van der Waals surface area contributed by atoms with Crippen LogP contribution in [0.15, 0.2) is 36.0 Å². The van der Waals surface area contributed by atoms with E-state index in [4.69, 9.17) is 11.6 Å². The van der Waals surface area contributed by atoms with Crippen molar-refractivity contribution in [3.05, 3.63) is 36.0 Å². The molecule has 0 radical (unpaired) electrons. The zero-order valence-corrected chi connectivity index (χ0v) is 7.74. The standard InChI is InChI=1S/C11H9ClO/c12-11(13)9-5-7-2-1-6-3-4-8(9)10(6)7/h1-8,10H. The molecule has 2 heteroatoms. The van der Waals surface area contributed by atoms with Crippen LogP contribution >= 0.6 is 11.6 Å². The number of carbonyl (C=O) groups excluding carboxylic acids is 1. The van der Waals surface area contributed by atoms with Crippen molar-refractivity contribution in [3.63, 3.8) is 0 Å². The third-order valence-electron chi connectivity index (χ3n) is 3.36. The molecule has 0 fully saturated rings. The maximum absolute atomic E-state index is 11.1. The Hall–Kier alpha value is -0.820. The number of allylic oxidation sites excluding steroid dienone is 6. The highest BCUT2D eigenvalue weighted by Gasteiger charge is 2.45. The number of carbonyl (C=O) groups is 1. The van der Waals surface area contributed by atoms with Gasteiger partial charge in [0.05, 0.1) is 0 Å². The second-order valence-electron chi connectivity index (χ2n) is 3.92. The maximum Gasteiger partial charge on any atom is 0.248 e. The molecule has 66 valence electrons. The number of rotatable bonds is 1. The quantitative estimate of drug-likeness (QED) is 0.460. The Morgan fingerprint density at radius 2 is 1.85 bits per heavy atom. The SMILES string of the molecule is O=C(Cl)C1=CC2C=CC3C=CC1C32. The first-order chi connectivity index (χ1) is 6.27. The molecule has 1 nitrogen and oxygen atoms in total. The van der Waals surface area contributed by atoms with Crippen LogP contribution in [0.1, 0.15) is 0 Å². The van der Waals surface area contributed by atoms with E-state index in [-0.39, 0.29) is 11.2 Å². The smallest absolute Gasteiger partial charge is 0.248 e. The summed E-state index contributed by atoms with van der Waals surface area (Å²) in [5.74, 6) is 1.84. The minimum absolute atomic E-state index is 0.280. The molecule has 0 N–H and O–H groups in total. The van der Waals surface area contributed by atoms with Gasteiger partial charge in [-0.1, -0.05) is 30.4 Å². The predicted octanol–water partition coefficient (Wildman–Crippen LogP) is 2.30. The third-order valence-corrected chi connectivity index (χ3v) is 3.58. The third kappa shape index (κ3) is 0.856. The van der Waals surface area contributed by atoms with Gasteiger partial charge in [0.1, 0.15) is 0 Å². The number of halogens is 1. The monoisotopic (exact) mass is 192 g/mol. The van der Waals surface area contributed by atoms with Gasteiger partial charge >= 0.3 is 0 Å². The minimum Gasteiger partial charge on any atom is -0.276 e. The van der Waals surface area contributed by atoms with Crippen LogP contribution in [-0.4, -0.2) is 5.24 Å². The summed E-state index contributed by atoms with van der Waals surface area (Å²) in [4.78, 5) is 11.1. The summed E-state index contributed by atoms with van der Waals surface area (Å²) >= 11 is 5.52. The number of hydrogen-bond acceptors (Lipinski definition) is 1. The van der Waals surface area contributed by atoms with Gasteiger partial charge in [0, 0.05) is 17.4 Å². The van der Waals surface area contributed by atoms with E-state index in [1.165, 1.54) is 0 Å². The van der Waals surface area contributed by atoms with Crippen LogP contribution in [0.3, 0.4) is 0 Å². The summed E-state index contributed by atoms with van der Waals surface area (Å²) in [5.41, 5.74) is 0.805. The van der Waals surface area contributed by atoms with Crippen molar-refractivity contribution in [3.8, 4) is 0 Å². The van der Waals surface area contributed by atoms with Gasteiger partial charge in [0.2, 0.25) is 5.24 Å². The van der Waals surface area contributed by atoms with Gasteiger partial charge in [0.25, 0.3) is 0 Å². The molecule has 0 aromatic rings. The van der Waals surface area contributed by atoms with Gasteiger partial charge in [-0.25, -0.2) is 0 Å². The zero-order chi connectivity index (χ0) is 9.00. The molecule has 0 amide bonds. The molecule has 0 saturated carbocycles. The van der Waals surface area contributed by atoms with Gasteiger partial charge in [-0.2, -0.15) is 0 Å². The Morgan fingerprint density at radius 1 is 1.15 bits per heavy atom. The lowest BCUT2D eigenvalue weighted by Gasteiger charge is -2.15. The van der Waals surface area contributed by atoms with Gasteiger partial charge in [-0.3, -0.25) is 4.79 Å². The van der Waals surface area contributed by atoms with Gasteiger partial charge in [-0.05, 0) is 23.4 Å². The first-order valence-electron chi connectivity index (χ1n) is 4.55. The van der Waals surface area contributed by atoms with Gasteiger partial charge < -0.3 is 0 Å². The average Bonchev–Trinajstić information content (AvgIpc) is 2.72. The van der Waals surface area contributed by atoms with E-state index in [9.17, 15) is 4.79 Å². The Kier molecular flexibility index (Phi) is 1.37. The van der Waals surface area contributed by atoms with Crippen molar-refractivity contribution in [2.45, 2.75) is 0 Å². The molecule has 3 aliphatic carbocycles. The molecule has 13 heavy (non-hydrogen) atoms. The molecule has 0 aliphatic heterocycles. The maximum atomic E-state index is 11.1. The fourth-order valence-corrected chi connectivity index (χ4v) is 3.00. The van der Waals surface area contributed by atoms with E-state index in [0.29, 0.717) is 17.8 Å². The predicted molar refractivity (Wildman–Crippen MR) is 51.2 cm³/mol. The van der Waals surface area contributed by atoms with Crippen molar-refractivity contribution in [2.24, 2.45) is 23.7 Å². The van der Waals surface area contributed by atoms with Crippen molar-refractivity contribution in [1.82, 2.24) is 0 Å². The van der Waals surface area contributed by atoms with Crippen molar-refractivity contribution < 1.29 is 4.79 Å². The van der Waals surface area contributed by atoms with Crippen LogP contribution < -0.4 is 0 Å². The topological polar surface area (TPSA) is 17.1 Å². The molecule has 4 atom stereocenters. The molecular weight excluding hydrogens is 184 g/mol. The normalized spacial score (nSPS) is 43.9. The van der Waals surface area contributed by atoms with E-state index >= 15 is 0 Å². The van der Waals surface area contributed by atoms with Crippen LogP contribution in [-0.2, 0) is 4.79 Å². The van der Waals surface area contributed by atoms with Crippen LogP contribution in [0.5, 0.6) is 0 Å². The molecule has 0 aromatic carbocycles. The Balaban J connectivity index is 2.07. The van der Waals surface area contributed by atoms with Crippen LogP contribution in [0.4, 0.5) is 0 Å². The Bertz CT molecular complexity index is 364. The fourth-order valence-electron chi connectivity index (χ4n) is 2.81. The van der Waals surface area contributed by atoms with Crippen molar-refractivity contribution >= 4 is 16.8 Å². The highest BCUT2D eigenvalue weighted by Crippen LogP contribution is 2.51. The molecule has 0 spiro atoms. The molecule has 0 saturated heterocycles. The summed E-state index contributed by atoms with van der Waals surface area (Å²) in [6.45, 7) is 0.